The van der Waals surface area contributed by atoms with Crippen molar-refractivity contribution in [1.82, 2.24) is 10.3 Å². The molecule has 116 valence electrons. The van der Waals surface area contributed by atoms with E-state index >= 15 is 0 Å². The van der Waals surface area contributed by atoms with Crippen molar-refractivity contribution in [1.29, 1.82) is 0 Å². The van der Waals surface area contributed by atoms with Crippen molar-refractivity contribution in [2.24, 2.45) is 5.92 Å². The molecule has 2 atom stereocenters. The van der Waals surface area contributed by atoms with Crippen LogP contribution in [-0.4, -0.2) is 37.5 Å². The molecule has 4 heteroatoms. The number of hydrogen-bond donors (Lipinski definition) is 1. The standard InChI is InChI=1S/C17H26N2O2/c1-13-3-7-19-12-15(13)16(18-2)14-4-8-21-17(11-14)5-9-20-10-6-17/h3,7,12,14,16,18H,4-6,8-11H2,1-2H3. The Hall–Kier alpha value is -0.970. The summed E-state index contributed by atoms with van der Waals surface area (Å²) >= 11 is 0. The Morgan fingerprint density at radius 3 is 2.86 bits per heavy atom. The van der Waals surface area contributed by atoms with Crippen molar-refractivity contribution in [3.05, 3.63) is 29.6 Å². The van der Waals surface area contributed by atoms with Gasteiger partial charge >= 0.3 is 0 Å². The fraction of sp³-hybridized carbons (Fsp3) is 0.706. The van der Waals surface area contributed by atoms with Gasteiger partial charge in [-0.3, -0.25) is 4.98 Å². The first kappa shape index (κ1) is 14.9. The highest BCUT2D eigenvalue weighted by molar-refractivity contribution is 5.26. The van der Waals surface area contributed by atoms with E-state index in [0.717, 1.165) is 45.5 Å². The van der Waals surface area contributed by atoms with Gasteiger partial charge in [0.2, 0.25) is 0 Å². The predicted octanol–water partition coefficient (Wildman–Crippen LogP) is 2.63. The lowest BCUT2D eigenvalue weighted by Gasteiger charge is -2.45. The highest BCUT2D eigenvalue weighted by Crippen LogP contribution is 2.42. The molecule has 3 heterocycles. The van der Waals surface area contributed by atoms with Crippen molar-refractivity contribution in [3.63, 3.8) is 0 Å². The van der Waals surface area contributed by atoms with Gasteiger partial charge < -0.3 is 14.8 Å². The van der Waals surface area contributed by atoms with Gasteiger partial charge in [0.15, 0.2) is 0 Å². The van der Waals surface area contributed by atoms with Gasteiger partial charge in [-0.25, -0.2) is 0 Å². The van der Waals surface area contributed by atoms with Crippen LogP contribution in [0.2, 0.25) is 0 Å². The number of rotatable bonds is 3. The first-order valence-corrected chi connectivity index (χ1v) is 8.04. The average molecular weight is 290 g/mol. The Morgan fingerprint density at radius 1 is 1.33 bits per heavy atom. The fourth-order valence-corrected chi connectivity index (χ4v) is 3.89. The summed E-state index contributed by atoms with van der Waals surface area (Å²) < 4.78 is 11.7. The van der Waals surface area contributed by atoms with Crippen molar-refractivity contribution in [2.45, 2.75) is 44.2 Å². The van der Waals surface area contributed by atoms with Crippen LogP contribution in [0.15, 0.2) is 18.5 Å². The Balaban J connectivity index is 1.79. The summed E-state index contributed by atoms with van der Waals surface area (Å²) in [7, 11) is 2.06. The molecule has 2 aliphatic rings. The number of aromatic nitrogens is 1. The van der Waals surface area contributed by atoms with E-state index in [-0.39, 0.29) is 5.60 Å². The highest BCUT2D eigenvalue weighted by atomic mass is 16.5. The van der Waals surface area contributed by atoms with Crippen molar-refractivity contribution in [3.8, 4) is 0 Å². The first-order chi connectivity index (χ1) is 10.2. The quantitative estimate of drug-likeness (QED) is 0.929. The SMILES string of the molecule is CNC(c1cnccc1C)C1CCOC2(CCOCC2)C1. The largest absolute Gasteiger partial charge is 0.381 e. The van der Waals surface area contributed by atoms with E-state index in [1.54, 1.807) is 0 Å². The van der Waals surface area contributed by atoms with Crippen LogP contribution in [0.5, 0.6) is 0 Å². The summed E-state index contributed by atoms with van der Waals surface area (Å²) in [6.45, 7) is 4.71. The average Bonchev–Trinajstić information content (AvgIpc) is 2.51. The van der Waals surface area contributed by atoms with E-state index in [2.05, 4.69) is 30.3 Å². The van der Waals surface area contributed by atoms with E-state index in [9.17, 15) is 0 Å². The van der Waals surface area contributed by atoms with Crippen LogP contribution in [0.4, 0.5) is 0 Å². The third-order valence-electron chi connectivity index (χ3n) is 5.13. The third-order valence-corrected chi connectivity index (χ3v) is 5.13. The van der Waals surface area contributed by atoms with E-state index in [1.807, 2.05) is 12.4 Å². The van der Waals surface area contributed by atoms with Crippen LogP contribution in [0.3, 0.4) is 0 Å². The molecule has 3 rings (SSSR count). The van der Waals surface area contributed by atoms with Gasteiger partial charge in [0.25, 0.3) is 0 Å². The second-order valence-corrected chi connectivity index (χ2v) is 6.40. The molecule has 2 unspecified atom stereocenters. The summed E-state index contributed by atoms with van der Waals surface area (Å²) in [4.78, 5) is 4.32. The fourth-order valence-electron chi connectivity index (χ4n) is 3.89. The topological polar surface area (TPSA) is 43.4 Å². The van der Waals surface area contributed by atoms with Crippen LogP contribution in [0.1, 0.15) is 42.9 Å². The van der Waals surface area contributed by atoms with Gasteiger partial charge in [-0.15, -0.1) is 0 Å². The second kappa shape index (κ2) is 6.42. The van der Waals surface area contributed by atoms with Crippen LogP contribution < -0.4 is 5.32 Å². The Bertz CT molecular complexity index is 466. The molecule has 0 amide bonds. The normalized spacial score (nSPS) is 26.7. The molecule has 2 aliphatic heterocycles. The van der Waals surface area contributed by atoms with Crippen molar-refractivity contribution in [2.75, 3.05) is 26.9 Å². The number of aryl methyl sites for hydroxylation is 1. The minimum atomic E-state index is 0.0480. The number of nitrogens with zero attached hydrogens (tertiary/aromatic N) is 1. The molecule has 0 aromatic carbocycles. The molecule has 2 saturated heterocycles. The Kier molecular flexibility index (Phi) is 4.57. The minimum absolute atomic E-state index is 0.0480. The maximum Gasteiger partial charge on any atom is 0.0729 e. The smallest absolute Gasteiger partial charge is 0.0729 e. The van der Waals surface area contributed by atoms with Gasteiger partial charge in [0.1, 0.15) is 0 Å². The molecule has 1 aromatic heterocycles. The molecule has 0 saturated carbocycles. The summed E-state index contributed by atoms with van der Waals surface area (Å²) in [5, 5.41) is 3.52. The van der Waals surface area contributed by atoms with E-state index in [0.29, 0.717) is 12.0 Å². The van der Waals surface area contributed by atoms with Gasteiger partial charge in [-0.2, -0.15) is 0 Å². The highest BCUT2D eigenvalue weighted by Gasteiger charge is 2.41. The molecule has 1 aromatic rings. The number of pyridine rings is 1. The monoisotopic (exact) mass is 290 g/mol. The molecule has 0 aliphatic carbocycles. The van der Waals surface area contributed by atoms with Crippen molar-refractivity contribution < 1.29 is 9.47 Å². The molecule has 0 radical (unpaired) electrons. The minimum Gasteiger partial charge on any atom is -0.381 e. The first-order valence-electron chi connectivity index (χ1n) is 8.04. The molecular formula is C17H26N2O2. The summed E-state index contributed by atoms with van der Waals surface area (Å²) in [6, 6.07) is 2.46. The molecule has 4 nitrogen and oxygen atoms in total. The molecule has 1 N–H and O–H groups in total. The molecule has 2 fully saturated rings. The van der Waals surface area contributed by atoms with Crippen LogP contribution in [-0.2, 0) is 9.47 Å². The van der Waals surface area contributed by atoms with Gasteiger partial charge in [0.05, 0.1) is 5.60 Å². The zero-order chi connectivity index (χ0) is 14.7. The van der Waals surface area contributed by atoms with Crippen molar-refractivity contribution >= 4 is 0 Å². The lowest BCUT2D eigenvalue weighted by molar-refractivity contribution is -0.150. The maximum absolute atomic E-state index is 6.17. The van der Waals surface area contributed by atoms with Gasteiger partial charge in [0, 0.05) is 38.3 Å². The van der Waals surface area contributed by atoms with Gasteiger partial charge in [-0.05, 0) is 62.8 Å². The maximum atomic E-state index is 6.17. The van der Waals surface area contributed by atoms with E-state index < -0.39 is 0 Å². The van der Waals surface area contributed by atoms with Gasteiger partial charge in [-0.1, -0.05) is 0 Å². The van der Waals surface area contributed by atoms with Crippen LogP contribution in [0, 0.1) is 12.8 Å². The predicted molar refractivity (Wildman–Crippen MR) is 82.2 cm³/mol. The lowest BCUT2D eigenvalue weighted by atomic mass is 9.76. The molecular weight excluding hydrogens is 264 g/mol. The van der Waals surface area contributed by atoms with Crippen LogP contribution >= 0.6 is 0 Å². The summed E-state index contributed by atoms with van der Waals surface area (Å²) in [5.41, 5.74) is 2.69. The Labute approximate surface area is 127 Å². The second-order valence-electron chi connectivity index (χ2n) is 6.40. The molecule has 21 heavy (non-hydrogen) atoms. The third kappa shape index (κ3) is 3.12. The van der Waals surface area contributed by atoms with E-state index in [4.69, 9.17) is 9.47 Å². The van der Waals surface area contributed by atoms with Crippen LogP contribution in [0.25, 0.3) is 0 Å². The number of hydrogen-bond acceptors (Lipinski definition) is 4. The molecule has 1 spiro atoms. The lowest BCUT2D eigenvalue weighted by Crippen LogP contribution is -2.46. The number of nitrogens with one attached hydrogen (secondary N) is 1. The zero-order valence-corrected chi connectivity index (χ0v) is 13.1. The summed E-state index contributed by atoms with van der Waals surface area (Å²) in [6.07, 6.45) is 8.19. The molecule has 0 bridgehead atoms. The zero-order valence-electron chi connectivity index (χ0n) is 13.1. The Morgan fingerprint density at radius 2 is 2.14 bits per heavy atom. The van der Waals surface area contributed by atoms with E-state index in [1.165, 1.54) is 11.1 Å². The summed E-state index contributed by atoms with van der Waals surface area (Å²) in [5.74, 6) is 0.602. The number of ether oxygens (including phenoxy) is 2.